The lowest BCUT2D eigenvalue weighted by molar-refractivity contribution is -0.121. The molecule has 3 N–H and O–H groups in total. The van der Waals surface area contributed by atoms with E-state index < -0.39 is 15.1 Å². The Morgan fingerprint density at radius 2 is 2.05 bits per heavy atom. The van der Waals surface area contributed by atoms with Crippen LogP contribution in [0.2, 0.25) is 0 Å². The number of aryl methyl sites for hydroxylation is 1. The van der Waals surface area contributed by atoms with E-state index in [9.17, 15) is 13.2 Å². The number of hydrogen-bond acceptors (Lipinski definition) is 4. The number of carbonyl (C=O) groups is 1. The van der Waals surface area contributed by atoms with Gasteiger partial charge in [-0.2, -0.15) is 0 Å². The molecule has 0 spiro atoms. The van der Waals surface area contributed by atoms with E-state index in [1.807, 2.05) is 18.2 Å². The Kier molecular flexibility index (Phi) is 3.65. The number of rotatable bonds is 2. The van der Waals surface area contributed by atoms with Gasteiger partial charge in [0.15, 0.2) is 9.84 Å². The molecule has 114 valence electrons. The van der Waals surface area contributed by atoms with Crippen LogP contribution in [0.15, 0.2) is 18.2 Å². The largest absolute Gasteiger partial charge is 0.399 e. The number of hydrogen-bond donors (Lipinski definition) is 2. The fourth-order valence-corrected chi connectivity index (χ4v) is 5.11. The highest BCUT2D eigenvalue weighted by Crippen LogP contribution is 2.33. The Balaban J connectivity index is 1.75. The van der Waals surface area contributed by atoms with Crippen LogP contribution in [-0.2, 0) is 21.1 Å². The molecule has 1 aromatic carbocycles. The average Bonchev–Trinajstić information content (AvgIpc) is 2.80. The number of nitrogen functional groups attached to an aromatic ring is 1. The van der Waals surface area contributed by atoms with Crippen LogP contribution in [0.1, 0.15) is 42.9 Å². The van der Waals surface area contributed by atoms with Crippen LogP contribution in [0.3, 0.4) is 0 Å². The molecule has 0 bridgehead atoms. The summed E-state index contributed by atoms with van der Waals surface area (Å²) in [6.45, 7) is 0. The minimum atomic E-state index is -3.28. The zero-order valence-electron chi connectivity index (χ0n) is 11.8. The predicted octanol–water partition coefficient (Wildman–Crippen LogP) is 1.34. The molecule has 1 saturated heterocycles. The van der Waals surface area contributed by atoms with Crippen molar-refractivity contribution in [1.82, 2.24) is 5.32 Å². The number of carbonyl (C=O) groups excluding carboxylic acids is 1. The Morgan fingerprint density at radius 3 is 2.81 bits per heavy atom. The molecule has 0 radical (unpaired) electrons. The van der Waals surface area contributed by atoms with Crippen LogP contribution >= 0.6 is 0 Å². The molecule has 1 fully saturated rings. The zero-order valence-corrected chi connectivity index (χ0v) is 12.7. The van der Waals surface area contributed by atoms with Gasteiger partial charge in [-0.3, -0.25) is 4.79 Å². The van der Waals surface area contributed by atoms with Crippen molar-refractivity contribution in [3.63, 3.8) is 0 Å². The highest BCUT2D eigenvalue weighted by molar-refractivity contribution is 7.92. The van der Waals surface area contributed by atoms with E-state index in [-0.39, 0.29) is 17.7 Å². The highest BCUT2D eigenvalue weighted by atomic mass is 32.2. The minimum absolute atomic E-state index is 0.0924. The summed E-state index contributed by atoms with van der Waals surface area (Å²) in [6.07, 6.45) is 3.57. The first-order valence-corrected chi connectivity index (χ1v) is 9.09. The second-order valence-corrected chi connectivity index (χ2v) is 8.21. The summed E-state index contributed by atoms with van der Waals surface area (Å²) in [5, 5.41) is 2.05. The summed E-state index contributed by atoms with van der Waals surface area (Å²) in [7, 11) is -3.28. The van der Waals surface area contributed by atoms with Crippen molar-refractivity contribution in [2.24, 2.45) is 0 Å². The number of anilines is 1. The van der Waals surface area contributed by atoms with E-state index in [0.717, 1.165) is 36.1 Å². The SMILES string of the molecule is Nc1ccc2c(c1)CCC2NC(=O)C1CCCCS1(=O)=O. The number of nitrogens with one attached hydrogen (secondary N) is 1. The second kappa shape index (κ2) is 5.33. The van der Waals surface area contributed by atoms with Gasteiger partial charge < -0.3 is 11.1 Å². The van der Waals surface area contributed by atoms with Crippen LogP contribution in [-0.4, -0.2) is 25.3 Å². The molecule has 1 amide bonds. The molecule has 1 aliphatic heterocycles. The highest BCUT2D eigenvalue weighted by Gasteiger charge is 2.36. The molecule has 2 unspecified atom stereocenters. The third-order valence-electron chi connectivity index (χ3n) is 4.43. The van der Waals surface area contributed by atoms with E-state index >= 15 is 0 Å². The molecule has 21 heavy (non-hydrogen) atoms. The summed E-state index contributed by atoms with van der Waals surface area (Å²) < 4.78 is 24.0. The molecular weight excluding hydrogens is 288 g/mol. The lowest BCUT2D eigenvalue weighted by Crippen LogP contribution is -2.43. The summed E-state index contributed by atoms with van der Waals surface area (Å²) in [6, 6.07) is 5.59. The van der Waals surface area contributed by atoms with Crippen molar-refractivity contribution in [3.05, 3.63) is 29.3 Å². The molecule has 0 saturated carbocycles. The fraction of sp³-hybridized carbons (Fsp3) is 0.533. The molecule has 2 aliphatic rings. The third kappa shape index (κ3) is 2.77. The van der Waals surface area contributed by atoms with Gasteiger partial charge in [0, 0.05) is 5.69 Å². The first kappa shape index (κ1) is 14.4. The Bertz CT molecular complexity index is 669. The predicted molar refractivity (Wildman–Crippen MR) is 81.5 cm³/mol. The van der Waals surface area contributed by atoms with Crippen LogP contribution in [0.5, 0.6) is 0 Å². The number of nitrogens with two attached hydrogens (primary N) is 1. The molecular formula is C15H20N2O3S. The third-order valence-corrected chi connectivity index (χ3v) is 6.61. The molecule has 6 heteroatoms. The monoisotopic (exact) mass is 308 g/mol. The molecule has 2 atom stereocenters. The van der Waals surface area contributed by atoms with Crippen molar-refractivity contribution in [2.45, 2.75) is 43.4 Å². The molecule has 1 heterocycles. The van der Waals surface area contributed by atoms with Crippen LogP contribution in [0.25, 0.3) is 0 Å². The van der Waals surface area contributed by atoms with Gasteiger partial charge in [0.1, 0.15) is 5.25 Å². The number of sulfone groups is 1. The van der Waals surface area contributed by atoms with Gasteiger partial charge in [-0.25, -0.2) is 8.42 Å². The smallest absolute Gasteiger partial charge is 0.238 e. The lowest BCUT2D eigenvalue weighted by Gasteiger charge is -2.23. The summed E-state index contributed by atoms with van der Waals surface area (Å²) in [4.78, 5) is 12.3. The Hall–Kier alpha value is -1.56. The maximum absolute atomic E-state index is 12.3. The second-order valence-electron chi connectivity index (χ2n) is 5.91. The van der Waals surface area contributed by atoms with Crippen molar-refractivity contribution in [3.8, 4) is 0 Å². The van der Waals surface area contributed by atoms with Crippen molar-refractivity contribution in [1.29, 1.82) is 0 Å². The van der Waals surface area contributed by atoms with E-state index in [1.165, 1.54) is 0 Å². The van der Waals surface area contributed by atoms with Crippen LogP contribution in [0, 0.1) is 0 Å². The quantitative estimate of drug-likeness (QED) is 0.807. The fourth-order valence-electron chi connectivity index (χ4n) is 3.30. The minimum Gasteiger partial charge on any atom is -0.399 e. The number of fused-ring (bicyclic) bond motifs is 1. The molecule has 3 rings (SSSR count). The lowest BCUT2D eigenvalue weighted by atomic mass is 10.1. The van der Waals surface area contributed by atoms with Crippen LogP contribution < -0.4 is 11.1 Å². The molecule has 1 aliphatic carbocycles. The van der Waals surface area contributed by atoms with Crippen LogP contribution in [0.4, 0.5) is 5.69 Å². The first-order chi connectivity index (χ1) is 9.97. The van der Waals surface area contributed by atoms with Gasteiger partial charge in [-0.1, -0.05) is 12.5 Å². The number of benzene rings is 1. The Morgan fingerprint density at radius 1 is 1.24 bits per heavy atom. The van der Waals surface area contributed by atoms with Gasteiger partial charge in [-0.05, 0) is 48.9 Å². The van der Waals surface area contributed by atoms with E-state index in [4.69, 9.17) is 5.73 Å². The standard InChI is InChI=1S/C15H20N2O3S/c16-11-5-6-12-10(9-11)4-7-13(12)17-15(18)14-3-1-2-8-21(14,19)20/h5-6,9,13-14H,1-4,7-8,16H2,(H,17,18). The normalized spacial score (nSPS) is 27.0. The maximum atomic E-state index is 12.3. The Labute approximate surface area is 124 Å². The van der Waals surface area contributed by atoms with Gasteiger partial charge >= 0.3 is 0 Å². The summed E-state index contributed by atoms with van der Waals surface area (Å²) in [5.74, 6) is -0.215. The molecule has 1 aromatic rings. The number of amides is 1. The van der Waals surface area contributed by atoms with Crippen molar-refractivity contribution in [2.75, 3.05) is 11.5 Å². The first-order valence-electron chi connectivity index (χ1n) is 7.37. The summed E-state index contributed by atoms with van der Waals surface area (Å²) in [5.41, 5.74) is 8.69. The summed E-state index contributed by atoms with van der Waals surface area (Å²) >= 11 is 0. The van der Waals surface area contributed by atoms with Gasteiger partial charge in [0.05, 0.1) is 11.8 Å². The topological polar surface area (TPSA) is 89.3 Å². The van der Waals surface area contributed by atoms with E-state index in [0.29, 0.717) is 12.8 Å². The molecule has 0 aromatic heterocycles. The zero-order chi connectivity index (χ0) is 15.0. The van der Waals surface area contributed by atoms with Gasteiger partial charge in [0.2, 0.25) is 5.91 Å². The molecule has 5 nitrogen and oxygen atoms in total. The van der Waals surface area contributed by atoms with E-state index in [1.54, 1.807) is 0 Å². The average molecular weight is 308 g/mol. The van der Waals surface area contributed by atoms with Crippen molar-refractivity contribution < 1.29 is 13.2 Å². The van der Waals surface area contributed by atoms with Gasteiger partial charge in [-0.15, -0.1) is 0 Å². The van der Waals surface area contributed by atoms with Gasteiger partial charge in [0.25, 0.3) is 0 Å². The van der Waals surface area contributed by atoms with Crippen molar-refractivity contribution >= 4 is 21.4 Å². The van der Waals surface area contributed by atoms with E-state index in [2.05, 4.69) is 5.32 Å². The maximum Gasteiger partial charge on any atom is 0.238 e.